The third-order valence-corrected chi connectivity index (χ3v) is 14.4. The Morgan fingerprint density at radius 1 is 0.427 bits per heavy atom. The number of allylic oxidation sites excluding steroid dienone is 12. The highest BCUT2D eigenvalue weighted by atomic mass is 31.2. The molecule has 0 saturated carbocycles. The summed E-state index contributed by atoms with van der Waals surface area (Å²) in [6.07, 6.45) is 73.9. The quantitative estimate of drug-likeness (QED) is 0.0195. The lowest BCUT2D eigenvalue weighted by atomic mass is 10.0. The molecule has 0 aliphatic heterocycles. The molecule has 2 unspecified atom stereocenters. The van der Waals surface area contributed by atoms with E-state index in [1.807, 2.05) is 21.1 Å². The standard InChI is InChI=1S/C65H118NO8P/c1-6-8-10-12-14-16-18-20-22-24-26-27-28-29-30-31-32-33-34-35-36-37-38-39-40-42-44-46-48-50-52-54-56-58-65(68)74-63(62-73-75(69,70)72-60-59-66(3,4)5)61-71-64(67)57-55-53-51-49-47-45-43-41-25-23-21-19-17-15-13-11-9-7-2/h8,10,14,16,20,22-23,25-27,29-30,63H,6-7,9,11-13,15,17-19,21,24,28,31-62H2,1-5H3/b10-8-,16-14-,22-20-,25-23-,27-26-,30-29-. The number of unbranched alkanes of at least 4 members (excludes halogenated alkanes) is 31. The fourth-order valence-corrected chi connectivity index (χ4v) is 9.41. The molecule has 75 heavy (non-hydrogen) atoms. The zero-order valence-electron chi connectivity index (χ0n) is 49.5. The first-order chi connectivity index (χ1) is 36.5. The minimum atomic E-state index is -4.64. The maximum absolute atomic E-state index is 12.8. The van der Waals surface area contributed by atoms with Crippen LogP contribution in [0.3, 0.4) is 0 Å². The molecule has 0 aromatic carbocycles. The Kier molecular flexibility index (Phi) is 54.3. The summed E-state index contributed by atoms with van der Waals surface area (Å²) < 4.78 is 34.2. The van der Waals surface area contributed by atoms with Crippen LogP contribution in [0.1, 0.15) is 277 Å². The number of hydrogen-bond donors (Lipinski definition) is 0. The summed E-state index contributed by atoms with van der Waals surface area (Å²) in [5.41, 5.74) is 0. The summed E-state index contributed by atoms with van der Waals surface area (Å²) in [6.45, 7) is 4.15. The van der Waals surface area contributed by atoms with Crippen LogP contribution in [0.5, 0.6) is 0 Å². The lowest BCUT2D eigenvalue weighted by molar-refractivity contribution is -0.870. The van der Waals surface area contributed by atoms with Gasteiger partial charge in [0.1, 0.15) is 19.8 Å². The molecule has 0 N–H and O–H groups in total. The molecule has 0 saturated heterocycles. The van der Waals surface area contributed by atoms with Gasteiger partial charge in [-0.15, -0.1) is 0 Å². The average Bonchev–Trinajstić information content (AvgIpc) is 3.37. The monoisotopic (exact) mass is 1070 g/mol. The molecule has 0 radical (unpaired) electrons. The molecule has 0 fully saturated rings. The highest BCUT2D eigenvalue weighted by Crippen LogP contribution is 2.38. The van der Waals surface area contributed by atoms with Crippen molar-refractivity contribution >= 4 is 19.8 Å². The highest BCUT2D eigenvalue weighted by molar-refractivity contribution is 7.45. The van der Waals surface area contributed by atoms with Gasteiger partial charge in [-0.25, -0.2) is 0 Å². The molecular weight excluding hydrogens is 954 g/mol. The van der Waals surface area contributed by atoms with E-state index in [0.717, 1.165) is 83.5 Å². The van der Waals surface area contributed by atoms with Crippen LogP contribution in [0, 0.1) is 0 Å². The highest BCUT2D eigenvalue weighted by Gasteiger charge is 2.22. The summed E-state index contributed by atoms with van der Waals surface area (Å²) >= 11 is 0. The molecular formula is C65H118NO8P. The Morgan fingerprint density at radius 2 is 0.760 bits per heavy atom. The first kappa shape index (κ1) is 72.5. The molecule has 0 aliphatic rings. The smallest absolute Gasteiger partial charge is 0.306 e. The maximum Gasteiger partial charge on any atom is 0.306 e. The Bertz CT molecular complexity index is 1500. The van der Waals surface area contributed by atoms with Gasteiger partial charge in [0, 0.05) is 12.8 Å². The van der Waals surface area contributed by atoms with E-state index in [1.165, 1.54) is 161 Å². The van der Waals surface area contributed by atoms with Crippen molar-refractivity contribution in [2.24, 2.45) is 0 Å². The first-order valence-electron chi connectivity index (χ1n) is 31.1. The van der Waals surface area contributed by atoms with Crippen LogP contribution >= 0.6 is 7.82 Å². The number of phosphoric acid groups is 1. The van der Waals surface area contributed by atoms with E-state index in [9.17, 15) is 19.0 Å². The third-order valence-electron chi connectivity index (χ3n) is 13.5. The topological polar surface area (TPSA) is 111 Å². The second kappa shape index (κ2) is 56.2. The SMILES string of the molecule is CC/C=C\C/C=C\C/C=C\C/C=C\C/C=C\CCCCCCCCCCCCCCCCCCCC(=O)OC(COC(=O)CCCCCCCCC/C=C\CCCCCCCCC)COP(=O)([O-])OCC[N+](C)(C)C. The van der Waals surface area contributed by atoms with Gasteiger partial charge in [0.2, 0.25) is 0 Å². The van der Waals surface area contributed by atoms with Gasteiger partial charge in [-0.05, 0) is 83.5 Å². The Balaban J connectivity index is 4.06. The number of esters is 2. The Labute approximate surface area is 463 Å². The van der Waals surface area contributed by atoms with E-state index >= 15 is 0 Å². The van der Waals surface area contributed by atoms with Gasteiger partial charge in [0.15, 0.2) is 6.10 Å². The third kappa shape index (κ3) is 60.5. The zero-order valence-corrected chi connectivity index (χ0v) is 50.4. The number of ether oxygens (including phenoxy) is 2. The summed E-state index contributed by atoms with van der Waals surface area (Å²) in [4.78, 5) is 37.9. The summed E-state index contributed by atoms with van der Waals surface area (Å²) in [5, 5.41) is 0. The maximum atomic E-state index is 12.8. The van der Waals surface area contributed by atoms with Crippen LogP contribution in [0.4, 0.5) is 0 Å². The molecule has 0 heterocycles. The normalized spacial score (nSPS) is 13.7. The summed E-state index contributed by atoms with van der Waals surface area (Å²) in [7, 11) is 1.17. The van der Waals surface area contributed by atoms with Crippen LogP contribution in [0.25, 0.3) is 0 Å². The van der Waals surface area contributed by atoms with Gasteiger partial charge in [-0.1, -0.05) is 254 Å². The Morgan fingerprint density at radius 3 is 1.15 bits per heavy atom. The fraction of sp³-hybridized carbons (Fsp3) is 0.785. The number of carbonyl (C=O) groups is 2. The fourth-order valence-electron chi connectivity index (χ4n) is 8.68. The largest absolute Gasteiger partial charge is 0.756 e. The van der Waals surface area contributed by atoms with Crippen LogP contribution in [-0.2, 0) is 32.7 Å². The number of phosphoric ester groups is 1. The van der Waals surface area contributed by atoms with Gasteiger partial charge >= 0.3 is 11.9 Å². The molecule has 9 nitrogen and oxygen atoms in total. The first-order valence-corrected chi connectivity index (χ1v) is 32.6. The van der Waals surface area contributed by atoms with Gasteiger partial charge < -0.3 is 27.9 Å². The van der Waals surface area contributed by atoms with Crippen LogP contribution < -0.4 is 4.89 Å². The van der Waals surface area contributed by atoms with Gasteiger partial charge in [-0.3, -0.25) is 14.2 Å². The van der Waals surface area contributed by atoms with E-state index in [-0.39, 0.29) is 32.0 Å². The van der Waals surface area contributed by atoms with Crippen molar-refractivity contribution in [3.05, 3.63) is 72.9 Å². The number of carbonyl (C=O) groups excluding carboxylic acids is 2. The number of hydrogen-bond acceptors (Lipinski definition) is 8. The summed E-state index contributed by atoms with van der Waals surface area (Å²) in [5.74, 6) is -0.830. The molecule has 10 heteroatoms. The average molecular weight is 1070 g/mol. The molecule has 0 spiro atoms. The summed E-state index contributed by atoms with van der Waals surface area (Å²) in [6, 6.07) is 0. The number of rotatable bonds is 57. The number of likely N-dealkylation sites (N-methyl/N-ethyl adjacent to an activating group) is 1. The van der Waals surface area contributed by atoms with Crippen molar-refractivity contribution in [3.63, 3.8) is 0 Å². The van der Waals surface area contributed by atoms with Crippen molar-refractivity contribution < 1.29 is 42.1 Å². The molecule has 2 atom stereocenters. The second-order valence-electron chi connectivity index (χ2n) is 22.0. The zero-order chi connectivity index (χ0) is 54.9. The van der Waals surface area contributed by atoms with Crippen molar-refractivity contribution in [1.29, 1.82) is 0 Å². The predicted octanol–water partition coefficient (Wildman–Crippen LogP) is 19.0. The lowest BCUT2D eigenvalue weighted by Gasteiger charge is -2.28. The van der Waals surface area contributed by atoms with Crippen molar-refractivity contribution in [2.75, 3.05) is 47.5 Å². The molecule has 436 valence electrons. The number of quaternary nitrogens is 1. The van der Waals surface area contributed by atoms with Crippen molar-refractivity contribution in [3.8, 4) is 0 Å². The molecule has 0 aromatic rings. The van der Waals surface area contributed by atoms with E-state index in [2.05, 4.69) is 86.8 Å². The molecule has 0 rings (SSSR count). The molecule has 0 amide bonds. The van der Waals surface area contributed by atoms with E-state index in [1.54, 1.807) is 0 Å². The van der Waals surface area contributed by atoms with E-state index in [0.29, 0.717) is 17.4 Å². The van der Waals surface area contributed by atoms with Gasteiger partial charge in [0.05, 0.1) is 27.7 Å². The van der Waals surface area contributed by atoms with Gasteiger partial charge in [-0.2, -0.15) is 0 Å². The minimum absolute atomic E-state index is 0.0320. The molecule has 0 aliphatic carbocycles. The van der Waals surface area contributed by atoms with Crippen LogP contribution in [0.15, 0.2) is 72.9 Å². The molecule has 0 aromatic heterocycles. The van der Waals surface area contributed by atoms with E-state index < -0.39 is 26.5 Å². The Hall–Kier alpha value is -2.55. The second-order valence-corrected chi connectivity index (χ2v) is 23.4. The van der Waals surface area contributed by atoms with Crippen molar-refractivity contribution in [2.45, 2.75) is 283 Å². The molecule has 0 bridgehead atoms. The van der Waals surface area contributed by atoms with Crippen LogP contribution in [0.2, 0.25) is 0 Å². The number of nitrogens with zero attached hydrogens (tertiary/aromatic N) is 1. The van der Waals surface area contributed by atoms with Gasteiger partial charge in [0.25, 0.3) is 7.82 Å². The lowest BCUT2D eigenvalue weighted by Crippen LogP contribution is -2.37. The van der Waals surface area contributed by atoms with Crippen LogP contribution in [-0.4, -0.2) is 70.0 Å². The minimum Gasteiger partial charge on any atom is -0.756 e. The van der Waals surface area contributed by atoms with Crippen molar-refractivity contribution in [1.82, 2.24) is 0 Å². The van der Waals surface area contributed by atoms with E-state index in [4.69, 9.17) is 18.5 Å². The predicted molar refractivity (Wildman–Crippen MR) is 319 cm³/mol.